The van der Waals surface area contributed by atoms with Crippen LogP contribution in [0.1, 0.15) is 110 Å². The van der Waals surface area contributed by atoms with Crippen molar-refractivity contribution in [2.45, 2.75) is 116 Å². The lowest BCUT2D eigenvalue weighted by atomic mass is 9.96. The van der Waals surface area contributed by atoms with E-state index >= 15 is 0 Å². The van der Waals surface area contributed by atoms with E-state index in [9.17, 15) is 9.59 Å². The molecule has 1 aliphatic carbocycles. The van der Waals surface area contributed by atoms with Crippen LogP contribution < -0.4 is 0 Å². The van der Waals surface area contributed by atoms with Gasteiger partial charge in [-0.2, -0.15) is 4.89 Å². The Labute approximate surface area is 188 Å². The first-order valence-corrected chi connectivity index (χ1v) is 12.5. The van der Waals surface area contributed by atoms with Gasteiger partial charge in [0.25, 0.3) is 0 Å². The molecule has 0 aromatic heterocycles. The Morgan fingerprint density at radius 3 is 2.16 bits per heavy atom. The second-order valence-electron chi connectivity index (χ2n) is 8.44. The van der Waals surface area contributed by atoms with E-state index in [1.54, 1.807) is 6.26 Å². The number of carbonyl (C=O) groups excluding carboxylic acids is 2. The van der Waals surface area contributed by atoms with Crippen LogP contribution >= 0.6 is 0 Å². The Bertz CT molecular complexity index is 474. The van der Waals surface area contributed by atoms with Gasteiger partial charge in [-0.15, -0.1) is 0 Å². The van der Waals surface area contributed by atoms with E-state index in [-0.39, 0.29) is 23.6 Å². The third-order valence-electron chi connectivity index (χ3n) is 5.65. The van der Waals surface area contributed by atoms with Gasteiger partial charge in [-0.05, 0) is 57.4 Å². The molecular formula is C25H44O6. The van der Waals surface area contributed by atoms with Crippen molar-refractivity contribution in [2.24, 2.45) is 5.92 Å². The van der Waals surface area contributed by atoms with E-state index in [0.29, 0.717) is 32.5 Å². The van der Waals surface area contributed by atoms with Crippen LogP contribution in [0.25, 0.3) is 0 Å². The fraction of sp³-hybridized carbons (Fsp3) is 0.840. The van der Waals surface area contributed by atoms with E-state index in [2.05, 4.69) is 13.8 Å². The number of allylic oxidation sites excluding steroid dienone is 1. The molecule has 0 amide bonds. The van der Waals surface area contributed by atoms with Gasteiger partial charge < -0.3 is 4.89 Å². The smallest absolute Gasteiger partial charge is 0.143 e. The molecule has 1 rings (SSSR count). The number of Topliss-reactive ketones (excluding diaryl/α,β-unsaturated/α-hetero) is 2. The largest absolute Gasteiger partial charge is 0.346 e. The maximum absolute atomic E-state index is 11.8. The summed E-state index contributed by atoms with van der Waals surface area (Å²) < 4.78 is 0. The molecule has 0 aliphatic heterocycles. The quantitative estimate of drug-likeness (QED) is 0.0674. The normalized spacial score (nSPS) is 15.9. The highest BCUT2D eigenvalue weighted by atomic mass is 17.2. The highest BCUT2D eigenvalue weighted by Crippen LogP contribution is 2.24. The standard InChI is InChI=1S/C25H44O6/c1-3-5-10-19-28-29-20-12-8-7-9-14-22(31-30-21-11-6-4-2)15-13-16-23-24(26)17-18-25(23)27/h12,20,22-23H,3-11,13-19,21H2,1-2H3/b20-12+. The molecule has 6 nitrogen and oxygen atoms in total. The molecule has 6 heteroatoms. The zero-order valence-electron chi connectivity index (χ0n) is 19.8. The Morgan fingerprint density at radius 2 is 1.48 bits per heavy atom. The summed E-state index contributed by atoms with van der Waals surface area (Å²) >= 11 is 0. The van der Waals surface area contributed by atoms with Crippen LogP contribution in [0.15, 0.2) is 12.3 Å². The zero-order valence-corrected chi connectivity index (χ0v) is 19.8. The van der Waals surface area contributed by atoms with Crippen LogP contribution in [0, 0.1) is 5.92 Å². The van der Waals surface area contributed by atoms with Gasteiger partial charge in [-0.3, -0.25) is 9.59 Å². The molecule has 0 spiro atoms. The maximum Gasteiger partial charge on any atom is 0.143 e. The minimum atomic E-state index is -0.375. The summed E-state index contributed by atoms with van der Waals surface area (Å²) in [6, 6.07) is 0. The van der Waals surface area contributed by atoms with Gasteiger partial charge in [0.1, 0.15) is 17.8 Å². The molecule has 1 saturated carbocycles. The molecule has 0 saturated heterocycles. The number of rotatable bonds is 21. The number of unbranched alkanes of at least 4 members (excludes halogenated alkanes) is 6. The molecule has 1 aliphatic rings. The van der Waals surface area contributed by atoms with E-state index in [4.69, 9.17) is 19.6 Å². The fourth-order valence-electron chi connectivity index (χ4n) is 3.68. The first-order valence-electron chi connectivity index (χ1n) is 12.5. The summed E-state index contributed by atoms with van der Waals surface area (Å²) in [6.07, 6.45) is 17.2. The molecule has 1 fully saturated rings. The lowest BCUT2D eigenvalue weighted by Gasteiger charge is -2.17. The summed E-state index contributed by atoms with van der Waals surface area (Å²) in [5, 5.41) is 0. The van der Waals surface area contributed by atoms with Gasteiger partial charge >= 0.3 is 0 Å². The van der Waals surface area contributed by atoms with Crippen molar-refractivity contribution in [3.05, 3.63) is 12.3 Å². The molecule has 0 N–H and O–H groups in total. The van der Waals surface area contributed by atoms with E-state index in [1.165, 1.54) is 6.42 Å². The van der Waals surface area contributed by atoms with Crippen molar-refractivity contribution in [2.75, 3.05) is 13.2 Å². The van der Waals surface area contributed by atoms with Crippen molar-refractivity contribution >= 4 is 11.6 Å². The van der Waals surface area contributed by atoms with Gasteiger partial charge in [-0.25, -0.2) is 9.78 Å². The molecule has 31 heavy (non-hydrogen) atoms. The summed E-state index contributed by atoms with van der Waals surface area (Å²) in [5.41, 5.74) is 0. The molecule has 0 aromatic rings. The van der Waals surface area contributed by atoms with Gasteiger partial charge in [0.2, 0.25) is 0 Å². The van der Waals surface area contributed by atoms with Crippen molar-refractivity contribution in [3.63, 3.8) is 0 Å². The monoisotopic (exact) mass is 440 g/mol. The molecule has 180 valence electrons. The third kappa shape index (κ3) is 14.4. The lowest BCUT2D eigenvalue weighted by Crippen LogP contribution is -2.17. The first-order chi connectivity index (χ1) is 15.2. The highest BCUT2D eigenvalue weighted by Gasteiger charge is 2.32. The molecule has 0 bridgehead atoms. The Kier molecular flexibility index (Phi) is 17.4. The van der Waals surface area contributed by atoms with E-state index in [1.807, 2.05) is 6.08 Å². The van der Waals surface area contributed by atoms with Crippen molar-refractivity contribution < 1.29 is 29.1 Å². The van der Waals surface area contributed by atoms with Crippen molar-refractivity contribution in [1.82, 2.24) is 0 Å². The average Bonchev–Trinajstić information content (AvgIpc) is 3.09. The fourth-order valence-corrected chi connectivity index (χ4v) is 3.68. The molecule has 0 aromatic carbocycles. The Balaban J connectivity index is 2.19. The second kappa shape index (κ2) is 19.4. The number of hydrogen-bond acceptors (Lipinski definition) is 6. The van der Waals surface area contributed by atoms with Crippen LogP contribution in [-0.4, -0.2) is 30.9 Å². The van der Waals surface area contributed by atoms with E-state index < -0.39 is 0 Å². The molecular weight excluding hydrogens is 396 g/mol. The lowest BCUT2D eigenvalue weighted by molar-refractivity contribution is -0.327. The van der Waals surface area contributed by atoms with Crippen LogP contribution in [0.5, 0.6) is 0 Å². The zero-order chi connectivity index (χ0) is 22.6. The van der Waals surface area contributed by atoms with Gasteiger partial charge in [0, 0.05) is 12.8 Å². The number of ketones is 2. The summed E-state index contributed by atoms with van der Waals surface area (Å²) in [7, 11) is 0. The Morgan fingerprint density at radius 1 is 0.839 bits per heavy atom. The van der Waals surface area contributed by atoms with Crippen LogP contribution in [0.3, 0.4) is 0 Å². The third-order valence-corrected chi connectivity index (χ3v) is 5.65. The predicted molar refractivity (Wildman–Crippen MR) is 121 cm³/mol. The molecule has 0 heterocycles. The number of hydrogen-bond donors (Lipinski definition) is 0. The van der Waals surface area contributed by atoms with Crippen molar-refractivity contribution in [1.29, 1.82) is 0 Å². The van der Waals surface area contributed by atoms with E-state index in [0.717, 1.165) is 70.6 Å². The summed E-state index contributed by atoms with van der Waals surface area (Å²) in [6.45, 7) is 5.57. The first kappa shape index (κ1) is 27.8. The average molecular weight is 441 g/mol. The molecule has 1 unspecified atom stereocenters. The minimum absolute atomic E-state index is 0.00959. The van der Waals surface area contributed by atoms with Gasteiger partial charge in [0.05, 0.1) is 25.2 Å². The maximum atomic E-state index is 11.8. The van der Waals surface area contributed by atoms with Crippen LogP contribution in [0.4, 0.5) is 0 Å². The predicted octanol–water partition coefficient (Wildman–Crippen LogP) is 6.42. The minimum Gasteiger partial charge on any atom is -0.346 e. The van der Waals surface area contributed by atoms with Crippen molar-refractivity contribution in [3.8, 4) is 0 Å². The molecule has 0 radical (unpaired) electrons. The topological polar surface area (TPSA) is 71.1 Å². The molecule has 1 atom stereocenters. The summed E-state index contributed by atoms with van der Waals surface area (Å²) in [4.78, 5) is 44.8. The number of carbonyl (C=O) groups is 2. The Hall–Kier alpha value is -1.24. The summed E-state index contributed by atoms with van der Waals surface area (Å²) in [5.74, 6) is -0.149. The second-order valence-corrected chi connectivity index (χ2v) is 8.44. The van der Waals surface area contributed by atoms with Gasteiger partial charge in [0.15, 0.2) is 0 Å². The SMILES string of the molecule is CCCCCOO/C=C/CCCCC(CCCC1C(=O)CCC1=O)OOCCCCC. The highest BCUT2D eigenvalue weighted by molar-refractivity contribution is 6.08. The van der Waals surface area contributed by atoms with Crippen LogP contribution in [-0.2, 0) is 29.1 Å². The van der Waals surface area contributed by atoms with Gasteiger partial charge in [-0.1, -0.05) is 46.0 Å². The van der Waals surface area contributed by atoms with Crippen LogP contribution in [0.2, 0.25) is 0 Å².